The number of imidazole rings is 1. The van der Waals surface area contributed by atoms with Crippen LogP contribution >= 0.6 is 11.6 Å². The van der Waals surface area contributed by atoms with Gasteiger partial charge in [-0.15, -0.1) is 0 Å². The number of rotatable bonds is 5. The van der Waals surface area contributed by atoms with Crippen LogP contribution in [0, 0.1) is 5.92 Å². The zero-order valence-corrected chi connectivity index (χ0v) is 17.9. The van der Waals surface area contributed by atoms with E-state index in [1.54, 1.807) is 42.1 Å². The second kappa shape index (κ2) is 8.24. The van der Waals surface area contributed by atoms with Crippen molar-refractivity contribution >= 4 is 34.7 Å². The summed E-state index contributed by atoms with van der Waals surface area (Å²) in [5, 5.41) is 0.227. The van der Waals surface area contributed by atoms with Crippen LogP contribution in [0.25, 0.3) is 11.2 Å². The zero-order valence-electron chi connectivity index (χ0n) is 17.2. The Morgan fingerprint density at radius 1 is 1.23 bits per heavy atom. The highest BCUT2D eigenvalue weighted by molar-refractivity contribution is 6.33. The quantitative estimate of drug-likeness (QED) is 0.436. The molecule has 0 amide bonds. The molecule has 0 bridgehead atoms. The number of carbonyl (C=O) groups excluding carboxylic acids is 2. The van der Waals surface area contributed by atoms with Gasteiger partial charge in [-0.2, -0.15) is 0 Å². The first-order valence-corrected chi connectivity index (χ1v) is 10.1. The molecule has 4 rings (SSSR count). The van der Waals surface area contributed by atoms with Gasteiger partial charge >= 0.3 is 11.9 Å². The predicted octanol–water partition coefficient (Wildman–Crippen LogP) is 3.19. The molecule has 31 heavy (non-hydrogen) atoms. The van der Waals surface area contributed by atoms with Crippen LogP contribution in [0.2, 0.25) is 5.15 Å². The number of fused-ring (bicyclic) bond motifs is 1. The molecule has 9 nitrogen and oxygen atoms in total. The smallest absolute Gasteiger partial charge is 0.338 e. The van der Waals surface area contributed by atoms with E-state index in [0.29, 0.717) is 16.7 Å². The summed E-state index contributed by atoms with van der Waals surface area (Å²) in [7, 11) is 0. The summed E-state index contributed by atoms with van der Waals surface area (Å²) in [5.41, 5.74) is 0.296. The molecule has 1 aliphatic rings. The second-order valence-electron chi connectivity index (χ2n) is 7.53. The number of nitrogens with zero attached hydrogens (tertiary/aromatic N) is 4. The third kappa shape index (κ3) is 3.86. The fourth-order valence-corrected chi connectivity index (χ4v) is 3.97. The van der Waals surface area contributed by atoms with Crippen molar-refractivity contribution in [2.75, 3.05) is 6.61 Å². The number of carbonyl (C=O) groups is 2. The van der Waals surface area contributed by atoms with Crippen molar-refractivity contribution in [2.24, 2.45) is 5.92 Å². The first-order chi connectivity index (χ1) is 14.8. The molecule has 0 radical (unpaired) electrons. The number of hydrogen-bond donors (Lipinski definition) is 0. The van der Waals surface area contributed by atoms with E-state index in [0.717, 1.165) is 0 Å². The number of benzene rings is 1. The van der Waals surface area contributed by atoms with Crippen molar-refractivity contribution < 1.29 is 23.8 Å². The summed E-state index contributed by atoms with van der Waals surface area (Å²) in [4.78, 5) is 36.7. The van der Waals surface area contributed by atoms with Crippen molar-refractivity contribution in [3.8, 4) is 0 Å². The van der Waals surface area contributed by atoms with Crippen LogP contribution < -0.4 is 0 Å². The number of halogens is 1. The van der Waals surface area contributed by atoms with E-state index in [1.807, 2.05) is 13.0 Å². The normalized spacial score (nSPS) is 25.5. The van der Waals surface area contributed by atoms with Crippen molar-refractivity contribution in [1.82, 2.24) is 19.5 Å². The van der Waals surface area contributed by atoms with Crippen LogP contribution in [0.15, 0.2) is 43.0 Å². The van der Waals surface area contributed by atoms with Gasteiger partial charge in [0, 0.05) is 12.8 Å². The Morgan fingerprint density at radius 2 is 1.97 bits per heavy atom. The summed E-state index contributed by atoms with van der Waals surface area (Å²) in [6, 6.07) is 8.64. The Morgan fingerprint density at radius 3 is 2.68 bits per heavy atom. The molecule has 0 N–H and O–H groups in total. The maximum atomic E-state index is 12.4. The first kappa shape index (κ1) is 21.2. The van der Waals surface area contributed by atoms with Gasteiger partial charge in [0.1, 0.15) is 36.4 Å². The van der Waals surface area contributed by atoms with Crippen LogP contribution in [0.5, 0.6) is 0 Å². The van der Waals surface area contributed by atoms with Crippen molar-refractivity contribution in [3.05, 3.63) is 53.7 Å². The minimum Gasteiger partial charge on any atom is -0.459 e. The van der Waals surface area contributed by atoms with Crippen LogP contribution in [0.1, 0.15) is 37.4 Å². The summed E-state index contributed by atoms with van der Waals surface area (Å²) < 4.78 is 19.1. The lowest BCUT2D eigenvalue weighted by Gasteiger charge is -2.32. The topological polar surface area (TPSA) is 105 Å². The molecule has 1 saturated heterocycles. The Balaban J connectivity index is 1.61. The van der Waals surface area contributed by atoms with E-state index >= 15 is 0 Å². The van der Waals surface area contributed by atoms with Crippen LogP contribution in [-0.4, -0.2) is 49.8 Å². The molecule has 0 aliphatic carbocycles. The Labute approximate surface area is 183 Å². The molecule has 1 aromatic carbocycles. The van der Waals surface area contributed by atoms with Gasteiger partial charge in [0.15, 0.2) is 10.8 Å². The van der Waals surface area contributed by atoms with E-state index in [2.05, 4.69) is 15.0 Å². The lowest BCUT2D eigenvalue weighted by atomic mass is 9.87. The van der Waals surface area contributed by atoms with E-state index in [1.165, 1.54) is 13.3 Å². The number of esters is 2. The number of ether oxygens (including phenoxy) is 3. The third-order valence-electron chi connectivity index (χ3n) is 5.60. The van der Waals surface area contributed by atoms with Crippen LogP contribution in [0.3, 0.4) is 0 Å². The van der Waals surface area contributed by atoms with Gasteiger partial charge in [-0.25, -0.2) is 19.7 Å². The summed E-state index contributed by atoms with van der Waals surface area (Å²) in [6.45, 7) is 4.89. The lowest BCUT2D eigenvalue weighted by Crippen LogP contribution is -2.46. The van der Waals surface area contributed by atoms with Gasteiger partial charge in [-0.05, 0) is 19.1 Å². The molecular formula is C21H21ClN4O5. The van der Waals surface area contributed by atoms with E-state index < -0.39 is 29.9 Å². The van der Waals surface area contributed by atoms with Gasteiger partial charge in [0.05, 0.1) is 11.9 Å². The largest absolute Gasteiger partial charge is 0.459 e. The molecule has 3 aromatic rings. The highest BCUT2D eigenvalue weighted by atomic mass is 35.5. The molecule has 1 aliphatic heterocycles. The third-order valence-corrected chi connectivity index (χ3v) is 5.88. The molecule has 162 valence electrons. The molecule has 1 fully saturated rings. The molecule has 1 unspecified atom stereocenters. The average Bonchev–Trinajstić information content (AvgIpc) is 3.27. The second-order valence-corrected chi connectivity index (χ2v) is 7.89. The minimum absolute atomic E-state index is 0.0965. The van der Waals surface area contributed by atoms with Gasteiger partial charge < -0.3 is 14.2 Å². The lowest BCUT2D eigenvalue weighted by molar-refractivity contribution is -0.166. The van der Waals surface area contributed by atoms with Gasteiger partial charge in [0.25, 0.3) is 0 Å². The molecule has 0 spiro atoms. The minimum atomic E-state index is -1.05. The van der Waals surface area contributed by atoms with Crippen molar-refractivity contribution in [2.45, 2.75) is 38.7 Å². The summed E-state index contributed by atoms with van der Waals surface area (Å²) >= 11 is 6.12. The predicted molar refractivity (Wildman–Crippen MR) is 110 cm³/mol. The molecule has 10 heteroatoms. The molecular weight excluding hydrogens is 424 g/mol. The molecule has 4 atom stereocenters. The maximum Gasteiger partial charge on any atom is 0.338 e. The maximum absolute atomic E-state index is 12.4. The Kier molecular flexibility index (Phi) is 5.63. The fourth-order valence-electron chi connectivity index (χ4n) is 3.80. The van der Waals surface area contributed by atoms with Crippen molar-refractivity contribution in [1.29, 1.82) is 0 Å². The Bertz CT molecular complexity index is 1120. The van der Waals surface area contributed by atoms with Crippen LogP contribution in [0.4, 0.5) is 0 Å². The number of aromatic nitrogens is 4. The Hall–Kier alpha value is -3.04. The van der Waals surface area contributed by atoms with E-state index in [4.69, 9.17) is 25.8 Å². The summed E-state index contributed by atoms with van der Waals surface area (Å²) in [6.07, 6.45) is 1.60. The van der Waals surface area contributed by atoms with E-state index in [9.17, 15) is 9.59 Å². The van der Waals surface area contributed by atoms with E-state index in [-0.39, 0.29) is 17.7 Å². The molecule has 3 heterocycles. The zero-order chi connectivity index (χ0) is 22.2. The highest BCUT2D eigenvalue weighted by Gasteiger charge is 2.55. The highest BCUT2D eigenvalue weighted by Crippen LogP contribution is 2.45. The molecule has 0 saturated carbocycles. The van der Waals surface area contributed by atoms with Crippen LogP contribution in [-0.2, 0) is 19.0 Å². The number of hydrogen-bond acceptors (Lipinski definition) is 8. The van der Waals surface area contributed by atoms with Crippen molar-refractivity contribution in [3.63, 3.8) is 0 Å². The monoisotopic (exact) mass is 444 g/mol. The van der Waals surface area contributed by atoms with Gasteiger partial charge in [0.2, 0.25) is 0 Å². The standard InChI is InChI=1S/C21H21ClN4O5/c1-12-19(26-11-25-16-17(22)23-10-24-18(16)26)30-15(21(12,3)31-13(2)27)9-29-20(28)14-7-5-4-6-8-14/h4-8,10-12,15,19H,9H2,1-3H3/t12-,15-,19?,21-/m1/s1. The van der Waals surface area contributed by atoms with Gasteiger partial charge in [-0.1, -0.05) is 36.7 Å². The molecule has 2 aromatic heterocycles. The summed E-state index contributed by atoms with van der Waals surface area (Å²) in [5.74, 6) is -1.26. The van der Waals surface area contributed by atoms with Gasteiger partial charge in [-0.3, -0.25) is 9.36 Å². The average molecular weight is 445 g/mol. The SMILES string of the molecule is CC(=O)O[C@]1(C)[C@H](C)C(n2cnc3c(Cl)ncnc32)O[C@@H]1COC(=O)c1ccccc1. The fraction of sp³-hybridized carbons (Fsp3) is 0.381. The first-order valence-electron chi connectivity index (χ1n) is 9.71.